The molecule has 1 aromatic heterocycles. The number of nitrogens with one attached hydrogen (secondary N) is 2. The number of nitriles is 1. The van der Waals surface area contributed by atoms with Crippen molar-refractivity contribution in [2.24, 2.45) is 0 Å². The van der Waals surface area contributed by atoms with E-state index >= 15 is 0 Å². The summed E-state index contributed by atoms with van der Waals surface area (Å²) >= 11 is 0. The zero-order valence-electron chi connectivity index (χ0n) is 14.4. The van der Waals surface area contributed by atoms with E-state index in [1.807, 2.05) is 19.3 Å². The van der Waals surface area contributed by atoms with Crippen LogP contribution in [0.5, 0.6) is 0 Å². The van der Waals surface area contributed by atoms with Gasteiger partial charge in [0.25, 0.3) is 0 Å². The Bertz CT molecular complexity index is 611. The van der Waals surface area contributed by atoms with E-state index in [0.717, 1.165) is 63.9 Å². The summed E-state index contributed by atoms with van der Waals surface area (Å²) in [6.45, 7) is 3.65. The first-order valence-electron chi connectivity index (χ1n) is 9.11. The maximum Gasteiger partial charge on any atom is 0.238 e. The van der Waals surface area contributed by atoms with Gasteiger partial charge >= 0.3 is 0 Å². The summed E-state index contributed by atoms with van der Waals surface area (Å²) in [5.41, 5.74) is -0.660. The molecule has 1 aliphatic carbocycles. The van der Waals surface area contributed by atoms with Gasteiger partial charge in [-0.1, -0.05) is 19.3 Å². The molecule has 0 radical (unpaired) electrons. The average molecular weight is 329 g/mol. The van der Waals surface area contributed by atoms with Crippen molar-refractivity contribution in [2.45, 2.75) is 75.9 Å². The highest BCUT2D eigenvalue weighted by Crippen LogP contribution is 2.28. The number of aryl methyl sites for hydroxylation is 1. The molecule has 0 saturated heterocycles. The van der Waals surface area contributed by atoms with Gasteiger partial charge < -0.3 is 15.2 Å². The molecule has 0 spiro atoms. The summed E-state index contributed by atoms with van der Waals surface area (Å²) in [6, 6.07) is 2.04. The molecule has 1 saturated carbocycles. The van der Waals surface area contributed by atoms with Crippen LogP contribution in [-0.2, 0) is 11.3 Å². The molecule has 1 aliphatic heterocycles. The van der Waals surface area contributed by atoms with Gasteiger partial charge in [0.1, 0.15) is 11.4 Å². The van der Waals surface area contributed by atoms with E-state index in [1.165, 1.54) is 0 Å². The SMILES string of the molecule is C[C@@H](NC[C@@H]1CCCn2ccnc21)C(=O)NC1(C#N)CCCCC1. The third-order valence-corrected chi connectivity index (χ3v) is 5.41. The second-order valence-electron chi connectivity index (χ2n) is 7.19. The lowest BCUT2D eigenvalue weighted by Crippen LogP contribution is -2.54. The Morgan fingerprint density at radius 3 is 3.00 bits per heavy atom. The predicted molar refractivity (Wildman–Crippen MR) is 91.2 cm³/mol. The van der Waals surface area contributed by atoms with E-state index in [0.29, 0.717) is 5.92 Å². The van der Waals surface area contributed by atoms with E-state index in [2.05, 4.69) is 26.3 Å². The molecule has 2 atom stereocenters. The van der Waals surface area contributed by atoms with Crippen molar-refractivity contribution in [3.05, 3.63) is 18.2 Å². The van der Waals surface area contributed by atoms with Crippen LogP contribution in [0.4, 0.5) is 0 Å². The molecule has 0 bridgehead atoms. The zero-order chi connectivity index (χ0) is 17.0. The third-order valence-electron chi connectivity index (χ3n) is 5.41. The summed E-state index contributed by atoms with van der Waals surface area (Å²) in [7, 11) is 0. The third kappa shape index (κ3) is 3.62. The Morgan fingerprint density at radius 2 is 2.25 bits per heavy atom. The lowest BCUT2D eigenvalue weighted by Gasteiger charge is -2.33. The molecule has 130 valence electrons. The van der Waals surface area contributed by atoms with Gasteiger partial charge in [0.2, 0.25) is 5.91 Å². The molecule has 0 unspecified atom stereocenters. The minimum absolute atomic E-state index is 0.0717. The molecule has 1 fully saturated rings. The fourth-order valence-corrected chi connectivity index (χ4v) is 3.88. The van der Waals surface area contributed by atoms with E-state index in [4.69, 9.17) is 0 Å². The Hall–Kier alpha value is -1.87. The molecule has 1 aromatic rings. The maximum absolute atomic E-state index is 12.5. The van der Waals surface area contributed by atoms with Crippen LogP contribution >= 0.6 is 0 Å². The van der Waals surface area contributed by atoms with Crippen molar-refractivity contribution in [1.29, 1.82) is 5.26 Å². The van der Waals surface area contributed by atoms with Crippen molar-refractivity contribution in [2.75, 3.05) is 6.54 Å². The largest absolute Gasteiger partial charge is 0.336 e. The Labute approximate surface area is 143 Å². The van der Waals surface area contributed by atoms with Gasteiger partial charge in [-0.15, -0.1) is 0 Å². The van der Waals surface area contributed by atoms with Crippen LogP contribution in [0.1, 0.15) is 63.6 Å². The summed E-state index contributed by atoms with van der Waals surface area (Å²) < 4.78 is 2.20. The summed E-state index contributed by atoms with van der Waals surface area (Å²) in [6.07, 6.45) is 10.8. The quantitative estimate of drug-likeness (QED) is 0.866. The van der Waals surface area contributed by atoms with Crippen molar-refractivity contribution < 1.29 is 4.79 Å². The Morgan fingerprint density at radius 1 is 1.46 bits per heavy atom. The predicted octanol–water partition coefficient (Wildman–Crippen LogP) is 2.08. The minimum atomic E-state index is -0.660. The normalized spacial score (nSPS) is 23.8. The highest BCUT2D eigenvalue weighted by atomic mass is 16.2. The molecule has 6 heteroatoms. The Kier molecular flexibility index (Phi) is 5.20. The number of imidazole rings is 1. The highest BCUT2D eigenvalue weighted by molar-refractivity contribution is 5.82. The number of fused-ring (bicyclic) bond motifs is 1. The number of nitrogens with zero attached hydrogens (tertiary/aromatic N) is 3. The second kappa shape index (κ2) is 7.35. The lowest BCUT2D eigenvalue weighted by molar-refractivity contribution is -0.124. The van der Waals surface area contributed by atoms with Crippen LogP contribution in [-0.4, -0.2) is 33.6 Å². The molecular formula is C18H27N5O. The maximum atomic E-state index is 12.5. The highest BCUT2D eigenvalue weighted by Gasteiger charge is 2.34. The summed E-state index contributed by atoms with van der Waals surface area (Å²) in [4.78, 5) is 17.0. The molecular weight excluding hydrogens is 302 g/mol. The molecule has 0 aromatic carbocycles. The topological polar surface area (TPSA) is 82.7 Å². The van der Waals surface area contributed by atoms with Crippen LogP contribution in [0.3, 0.4) is 0 Å². The number of carbonyl (C=O) groups excluding carboxylic acids is 1. The van der Waals surface area contributed by atoms with Gasteiger partial charge in [-0.05, 0) is 32.6 Å². The standard InChI is InChI=1S/C18H27N5O/c1-14(17(24)22-18(13-19)7-3-2-4-8-18)21-12-15-6-5-10-23-11-9-20-16(15)23/h9,11,14-15,21H,2-8,10,12H2,1H3,(H,22,24)/t14-,15+/m1/s1. The molecule has 3 rings (SSSR count). The fourth-order valence-electron chi connectivity index (χ4n) is 3.88. The van der Waals surface area contributed by atoms with Gasteiger partial charge in [-0.2, -0.15) is 5.26 Å². The van der Waals surface area contributed by atoms with Crippen LogP contribution in [0, 0.1) is 11.3 Å². The molecule has 1 amide bonds. The number of carbonyl (C=O) groups is 1. The fraction of sp³-hybridized carbons (Fsp3) is 0.722. The second-order valence-corrected chi connectivity index (χ2v) is 7.19. The minimum Gasteiger partial charge on any atom is -0.336 e. The average Bonchev–Trinajstić information content (AvgIpc) is 3.09. The number of rotatable bonds is 5. The first-order valence-corrected chi connectivity index (χ1v) is 9.11. The van der Waals surface area contributed by atoms with Crippen LogP contribution < -0.4 is 10.6 Å². The molecule has 2 N–H and O–H groups in total. The van der Waals surface area contributed by atoms with E-state index < -0.39 is 5.54 Å². The molecule has 2 aliphatic rings. The molecule has 6 nitrogen and oxygen atoms in total. The smallest absolute Gasteiger partial charge is 0.238 e. The van der Waals surface area contributed by atoms with Crippen molar-refractivity contribution in [3.63, 3.8) is 0 Å². The summed E-state index contributed by atoms with van der Waals surface area (Å²) in [5, 5.41) is 15.8. The zero-order valence-corrected chi connectivity index (χ0v) is 14.4. The van der Waals surface area contributed by atoms with Gasteiger partial charge in [0.15, 0.2) is 0 Å². The van der Waals surface area contributed by atoms with Crippen molar-refractivity contribution in [3.8, 4) is 6.07 Å². The van der Waals surface area contributed by atoms with Crippen LogP contribution in [0.25, 0.3) is 0 Å². The lowest BCUT2D eigenvalue weighted by atomic mass is 9.82. The van der Waals surface area contributed by atoms with Gasteiger partial charge in [0.05, 0.1) is 12.1 Å². The van der Waals surface area contributed by atoms with Crippen molar-refractivity contribution >= 4 is 5.91 Å². The number of aromatic nitrogens is 2. The van der Waals surface area contributed by atoms with Crippen LogP contribution in [0.15, 0.2) is 12.4 Å². The number of hydrogen-bond acceptors (Lipinski definition) is 4. The van der Waals surface area contributed by atoms with E-state index in [-0.39, 0.29) is 11.9 Å². The number of amides is 1. The monoisotopic (exact) mass is 329 g/mol. The summed E-state index contributed by atoms with van der Waals surface area (Å²) in [5.74, 6) is 1.39. The molecule has 24 heavy (non-hydrogen) atoms. The van der Waals surface area contributed by atoms with Gasteiger partial charge in [-0.3, -0.25) is 4.79 Å². The van der Waals surface area contributed by atoms with Gasteiger partial charge in [-0.25, -0.2) is 4.98 Å². The van der Waals surface area contributed by atoms with E-state index in [9.17, 15) is 10.1 Å². The van der Waals surface area contributed by atoms with Gasteiger partial charge in [0, 0.05) is 31.4 Å². The molecule has 2 heterocycles. The first kappa shape index (κ1) is 17.0. The Balaban J connectivity index is 1.53. The van der Waals surface area contributed by atoms with Crippen LogP contribution in [0.2, 0.25) is 0 Å². The first-order chi connectivity index (χ1) is 11.6. The number of hydrogen-bond donors (Lipinski definition) is 2. The van der Waals surface area contributed by atoms with Crippen molar-refractivity contribution in [1.82, 2.24) is 20.2 Å². The van der Waals surface area contributed by atoms with E-state index in [1.54, 1.807) is 0 Å².